The quantitative estimate of drug-likeness (QED) is 0.424. The van der Waals surface area contributed by atoms with E-state index in [-0.39, 0.29) is 32.1 Å². The van der Waals surface area contributed by atoms with Crippen LogP contribution in [0.2, 0.25) is 0 Å². The average molecular weight is 432 g/mol. The normalized spacial score (nSPS) is 11.0. The van der Waals surface area contributed by atoms with Crippen molar-refractivity contribution in [2.45, 2.75) is 46.1 Å². The van der Waals surface area contributed by atoms with Crippen LogP contribution in [0.3, 0.4) is 0 Å². The predicted molar refractivity (Wildman–Crippen MR) is 110 cm³/mol. The minimum Gasteiger partial charge on any atom is -0.476 e. The van der Waals surface area contributed by atoms with Gasteiger partial charge in [0.15, 0.2) is 0 Å². The molecule has 31 heavy (non-hydrogen) atoms. The molecule has 1 amide bonds. The van der Waals surface area contributed by atoms with E-state index in [1.54, 1.807) is 20.8 Å². The van der Waals surface area contributed by atoms with E-state index >= 15 is 0 Å². The smallest absolute Gasteiger partial charge is 0.344 e. The third kappa shape index (κ3) is 5.84. The summed E-state index contributed by atoms with van der Waals surface area (Å²) in [6.07, 6.45) is 0.0449. The summed E-state index contributed by atoms with van der Waals surface area (Å²) in [7, 11) is 0. The molecule has 0 aliphatic rings. The van der Waals surface area contributed by atoms with Gasteiger partial charge in [0.2, 0.25) is 11.4 Å². The summed E-state index contributed by atoms with van der Waals surface area (Å²) >= 11 is 0. The molecule has 2 aromatic rings. The van der Waals surface area contributed by atoms with Crippen LogP contribution in [0, 0.1) is 0 Å². The number of rotatable bonds is 11. The lowest BCUT2D eigenvalue weighted by atomic mass is 9.89. The monoisotopic (exact) mass is 432 g/mol. The molecule has 0 saturated heterocycles. The number of nitrogens with zero attached hydrogens (tertiary/aromatic N) is 1. The molecule has 0 aliphatic carbocycles. The highest BCUT2D eigenvalue weighted by molar-refractivity contribution is 6.08. The van der Waals surface area contributed by atoms with Crippen molar-refractivity contribution >= 4 is 17.8 Å². The Labute approximate surface area is 181 Å². The maximum Gasteiger partial charge on any atom is 0.344 e. The third-order valence-corrected chi connectivity index (χ3v) is 4.40. The Kier molecular flexibility index (Phi) is 8.60. The number of hydrogen-bond donors (Lipinski definition) is 1. The summed E-state index contributed by atoms with van der Waals surface area (Å²) < 4.78 is 21.3. The molecule has 1 N–H and O–H groups in total. The van der Waals surface area contributed by atoms with Crippen LogP contribution in [0.15, 0.2) is 34.9 Å². The number of esters is 2. The second-order valence-electron chi connectivity index (χ2n) is 6.69. The van der Waals surface area contributed by atoms with E-state index in [2.05, 4.69) is 10.5 Å². The zero-order chi connectivity index (χ0) is 22.9. The first kappa shape index (κ1) is 23.9. The molecule has 0 unspecified atom stereocenters. The Morgan fingerprint density at radius 1 is 1.00 bits per heavy atom. The second-order valence-corrected chi connectivity index (χ2v) is 6.69. The molecule has 9 nitrogen and oxygen atoms in total. The van der Waals surface area contributed by atoms with Crippen molar-refractivity contribution in [2.75, 3.05) is 19.8 Å². The Balaban J connectivity index is 2.57. The van der Waals surface area contributed by atoms with Crippen molar-refractivity contribution in [3.63, 3.8) is 0 Å². The van der Waals surface area contributed by atoms with Crippen molar-refractivity contribution in [3.8, 4) is 5.88 Å². The zero-order valence-electron chi connectivity index (χ0n) is 18.2. The van der Waals surface area contributed by atoms with Crippen LogP contribution in [0.25, 0.3) is 0 Å². The van der Waals surface area contributed by atoms with E-state index in [1.165, 1.54) is 6.92 Å². The lowest BCUT2D eigenvalue weighted by Crippen LogP contribution is -2.62. The second kappa shape index (κ2) is 11.1. The van der Waals surface area contributed by atoms with E-state index in [0.717, 1.165) is 5.56 Å². The summed E-state index contributed by atoms with van der Waals surface area (Å²) in [5, 5.41) is 6.41. The molecule has 1 heterocycles. The highest BCUT2D eigenvalue weighted by atomic mass is 16.6. The van der Waals surface area contributed by atoms with Crippen LogP contribution in [0.1, 0.15) is 44.6 Å². The van der Waals surface area contributed by atoms with Gasteiger partial charge in [-0.3, -0.25) is 4.79 Å². The van der Waals surface area contributed by atoms with Crippen LogP contribution in [0.4, 0.5) is 0 Å². The molecule has 0 spiro atoms. The molecule has 0 saturated carbocycles. The zero-order valence-corrected chi connectivity index (χ0v) is 18.2. The maximum absolute atomic E-state index is 13.0. The van der Waals surface area contributed by atoms with Crippen molar-refractivity contribution in [2.24, 2.45) is 0 Å². The molecule has 0 aliphatic heterocycles. The predicted octanol–water partition coefficient (Wildman–Crippen LogP) is 2.21. The van der Waals surface area contributed by atoms with Gasteiger partial charge in [-0.2, -0.15) is 0 Å². The van der Waals surface area contributed by atoms with Crippen molar-refractivity contribution in [3.05, 3.63) is 47.2 Å². The number of benzene rings is 1. The minimum atomic E-state index is -2.11. The lowest BCUT2D eigenvalue weighted by Gasteiger charge is -2.29. The van der Waals surface area contributed by atoms with Gasteiger partial charge in [0.25, 0.3) is 5.88 Å². The summed E-state index contributed by atoms with van der Waals surface area (Å²) in [6.45, 7) is 6.50. The van der Waals surface area contributed by atoms with Crippen molar-refractivity contribution < 1.29 is 33.1 Å². The van der Waals surface area contributed by atoms with Crippen LogP contribution in [0.5, 0.6) is 5.88 Å². The first-order valence-electron chi connectivity index (χ1n) is 10.1. The number of carbonyl (C=O) groups excluding carboxylic acids is 3. The number of amides is 1. The Hall–Kier alpha value is -3.36. The SMILES string of the molecule is CCOC(=O)C(Cc1c(OCC)noc1Cc1ccccc1)(NC(C)=O)C(=O)OCC. The molecule has 0 bridgehead atoms. The van der Waals surface area contributed by atoms with Gasteiger partial charge in [0, 0.05) is 19.8 Å². The lowest BCUT2D eigenvalue weighted by molar-refractivity contribution is -0.168. The summed E-state index contributed by atoms with van der Waals surface area (Å²) in [5.74, 6) is -1.93. The van der Waals surface area contributed by atoms with Gasteiger partial charge in [-0.1, -0.05) is 30.3 Å². The molecule has 9 heteroatoms. The fraction of sp³-hybridized carbons (Fsp3) is 0.455. The molecular weight excluding hydrogens is 404 g/mol. The summed E-state index contributed by atoms with van der Waals surface area (Å²) in [6, 6.07) is 9.47. The van der Waals surface area contributed by atoms with Gasteiger partial charge in [0.05, 0.1) is 25.4 Å². The average Bonchev–Trinajstić information content (AvgIpc) is 3.09. The van der Waals surface area contributed by atoms with Crippen LogP contribution >= 0.6 is 0 Å². The molecule has 0 radical (unpaired) electrons. The van der Waals surface area contributed by atoms with E-state index < -0.39 is 23.4 Å². The topological polar surface area (TPSA) is 117 Å². The van der Waals surface area contributed by atoms with Gasteiger partial charge < -0.3 is 24.1 Å². The molecule has 168 valence electrons. The van der Waals surface area contributed by atoms with Gasteiger partial charge in [-0.25, -0.2) is 9.59 Å². The van der Waals surface area contributed by atoms with Gasteiger partial charge >= 0.3 is 11.9 Å². The van der Waals surface area contributed by atoms with Crippen molar-refractivity contribution in [1.29, 1.82) is 0 Å². The molecule has 0 atom stereocenters. The van der Waals surface area contributed by atoms with E-state index in [4.69, 9.17) is 18.7 Å². The molecular formula is C22H28N2O7. The fourth-order valence-corrected chi connectivity index (χ4v) is 3.12. The first-order chi connectivity index (χ1) is 14.9. The molecule has 2 rings (SSSR count). The van der Waals surface area contributed by atoms with E-state index in [9.17, 15) is 14.4 Å². The highest BCUT2D eigenvalue weighted by Gasteiger charge is 2.51. The van der Waals surface area contributed by atoms with Gasteiger partial charge in [-0.05, 0) is 31.5 Å². The van der Waals surface area contributed by atoms with Crippen molar-refractivity contribution in [1.82, 2.24) is 10.5 Å². The Bertz CT molecular complexity index is 875. The van der Waals surface area contributed by atoms with E-state index in [1.807, 2.05) is 30.3 Å². The minimum absolute atomic E-state index is 0.0123. The Morgan fingerprint density at radius 3 is 2.13 bits per heavy atom. The largest absolute Gasteiger partial charge is 0.476 e. The van der Waals surface area contributed by atoms with Crippen LogP contribution in [-0.2, 0) is 36.7 Å². The fourth-order valence-electron chi connectivity index (χ4n) is 3.12. The first-order valence-corrected chi connectivity index (χ1v) is 10.1. The van der Waals surface area contributed by atoms with E-state index in [0.29, 0.717) is 17.7 Å². The standard InChI is InChI=1S/C22H28N2O7/c1-5-28-19-17(18(31-24-19)13-16-11-9-8-10-12-16)14-22(23-15(4)25,20(26)29-6-2)21(27)30-7-3/h8-12H,5-7,13-14H2,1-4H3,(H,23,25). The van der Waals surface area contributed by atoms with Gasteiger partial charge in [-0.15, -0.1) is 0 Å². The summed E-state index contributed by atoms with van der Waals surface area (Å²) in [5.41, 5.74) is -0.804. The van der Waals surface area contributed by atoms with Crippen LogP contribution in [-0.4, -0.2) is 48.4 Å². The number of carbonyl (C=O) groups is 3. The molecule has 0 fully saturated rings. The third-order valence-electron chi connectivity index (χ3n) is 4.40. The number of hydrogen-bond acceptors (Lipinski definition) is 8. The molecule has 1 aromatic carbocycles. The number of aromatic nitrogens is 1. The number of nitrogens with one attached hydrogen (secondary N) is 1. The number of ether oxygens (including phenoxy) is 3. The van der Waals surface area contributed by atoms with Crippen LogP contribution < -0.4 is 10.1 Å². The van der Waals surface area contributed by atoms with Gasteiger partial charge in [0.1, 0.15) is 5.76 Å². The molecule has 1 aromatic heterocycles. The maximum atomic E-state index is 13.0. The highest BCUT2D eigenvalue weighted by Crippen LogP contribution is 2.30. The summed E-state index contributed by atoms with van der Waals surface area (Å²) in [4.78, 5) is 37.9. The Morgan fingerprint density at radius 2 is 1.61 bits per heavy atom.